The molecule has 11 nitrogen and oxygen atoms in total. The van der Waals surface area contributed by atoms with E-state index in [1.165, 1.54) is 26.2 Å². The molecule has 0 fully saturated rings. The minimum atomic E-state index is -1.26. The molecule has 34 heavy (non-hydrogen) atoms. The third-order valence-corrected chi connectivity index (χ3v) is 4.61. The van der Waals surface area contributed by atoms with Gasteiger partial charge in [-0.3, -0.25) is 24.5 Å². The Bertz CT molecular complexity index is 1020. The minimum absolute atomic E-state index is 0.0749. The molecule has 2 amide bonds. The summed E-state index contributed by atoms with van der Waals surface area (Å²) in [5, 5.41) is 16.0. The molecule has 0 aliphatic rings. The van der Waals surface area contributed by atoms with E-state index in [1.54, 1.807) is 24.3 Å². The standard InChI is InChI=1S/C23H27N3O8/c1-4-5-12-33-17-8-6-16(7-9-17)23(29)24-14-21(27)34-15(2)22(28)25-19-11-10-18(32-3)13-20(19)26(30)31/h6-11,13,15H,4-5,12,14H2,1-3H3,(H,24,29)(H,25,28). The molecule has 0 saturated heterocycles. The van der Waals surface area contributed by atoms with Gasteiger partial charge in [0.15, 0.2) is 6.10 Å². The minimum Gasteiger partial charge on any atom is -0.496 e. The first-order valence-corrected chi connectivity index (χ1v) is 10.6. The zero-order chi connectivity index (χ0) is 25.1. The molecule has 1 atom stereocenters. The molecule has 0 aliphatic carbocycles. The number of ether oxygens (including phenoxy) is 3. The van der Waals surface area contributed by atoms with E-state index in [-0.39, 0.29) is 17.1 Å². The number of esters is 1. The number of nitro groups is 1. The molecule has 0 bridgehead atoms. The highest BCUT2D eigenvalue weighted by Crippen LogP contribution is 2.29. The lowest BCUT2D eigenvalue weighted by Crippen LogP contribution is -2.35. The maximum absolute atomic E-state index is 12.3. The summed E-state index contributed by atoms with van der Waals surface area (Å²) < 4.78 is 15.5. The first kappa shape index (κ1) is 26.1. The van der Waals surface area contributed by atoms with Crippen LogP contribution < -0.4 is 20.1 Å². The van der Waals surface area contributed by atoms with Crippen molar-refractivity contribution < 1.29 is 33.5 Å². The average Bonchev–Trinajstić information content (AvgIpc) is 2.83. The second kappa shape index (κ2) is 12.8. The lowest BCUT2D eigenvalue weighted by molar-refractivity contribution is -0.384. The van der Waals surface area contributed by atoms with Gasteiger partial charge in [-0.2, -0.15) is 0 Å². The molecule has 2 N–H and O–H groups in total. The first-order valence-electron chi connectivity index (χ1n) is 10.6. The molecule has 11 heteroatoms. The molecular formula is C23H27N3O8. The Hall–Kier alpha value is -4.15. The fourth-order valence-corrected chi connectivity index (χ4v) is 2.71. The summed E-state index contributed by atoms with van der Waals surface area (Å²) in [5.41, 5.74) is -0.123. The normalized spacial score (nSPS) is 11.1. The van der Waals surface area contributed by atoms with Crippen LogP contribution in [0, 0.1) is 10.1 Å². The zero-order valence-electron chi connectivity index (χ0n) is 19.2. The molecule has 0 spiro atoms. The third kappa shape index (κ3) is 7.76. The number of nitro benzene ring substituents is 1. The highest BCUT2D eigenvalue weighted by molar-refractivity contribution is 5.98. The fraction of sp³-hybridized carbons (Fsp3) is 0.348. The van der Waals surface area contributed by atoms with Crippen LogP contribution in [0.25, 0.3) is 0 Å². The van der Waals surface area contributed by atoms with Crippen LogP contribution in [0.2, 0.25) is 0 Å². The van der Waals surface area contributed by atoms with Gasteiger partial charge in [0.25, 0.3) is 17.5 Å². The van der Waals surface area contributed by atoms with Crippen LogP contribution in [0.4, 0.5) is 11.4 Å². The van der Waals surface area contributed by atoms with Gasteiger partial charge in [0.05, 0.1) is 24.7 Å². The van der Waals surface area contributed by atoms with Crippen molar-refractivity contribution in [2.45, 2.75) is 32.8 Å². The number of nitrogens with one attached hydrogen (secondary N) is 2. The van der Waals surface area contributed by atoms with Gasteiger partial charge in [-0.25, -0.2) is 0 Å². The second-order valence-electron chi connectivity index (χ2n) is 7.17. The number of carbonyl (C=O) groups is 3. The van der Waals surface area contributed by atoms with Crippen LogP contribution in [0.1, 0.15) is 37.0 Å². The topological polar surface area (TPSA) is 146 Å². The molecule has 2 aromatic rings. The van der Waals surface area contributed by atoms with Gasteiger partial charge >= 0.3 is 5.97 Å². The number of methoxy groups -OCH3 is 1. The molecule has 2 rings (SSSR count). The van der Waals surface area contributed by atoms with Crippen molar-refractivity contribution in [1.82, 2.24) is 5.32 Å². The van der Waals surface area contributed by atoms with Crippen LogP contribution in [0.15, 0.2) is 42.5 Å². The Balaban J connectivity index is 1.85. The molecule has 0 aromatic heterocycles. The molecule has 0 heterocycles. The maximum atomic E-state index is 12.3. The Morgan fingerprint density at radius 1 is 1.09 bits per heavy atom. The van der Waals surface area contributed by atoms with Crippen LogP contribution >= 0.6 is 0 Å². The van der Waals surface area contributed by atoms with E-state index >= 15 is 0 Å². The predicted octanol–water partition coefficient (Wildman–Crippen LogP) is 3.08. The van der Waals surface area contributed by atoms with E-state index in [0.717, 1.165) is 18.9 Å². The van der Waals surface area contributed by atoms with E-state index < -0.39 is 35.4 Å². The number of nitrogens with zero attached hydrogens (tertiary/aromatic N) is 1. The SMILES string of the molecule is CCCCOc1ccc(C(=O)NCC(=O)OC(C)C(=O)Nc2ccc(OC)cc2[N+](=O)[O-])cc1. The summed E-state index contributed by atoms with van der Waals surface area (Å²) >= 11 is 0. The number of carbonyl (C=O) groups excluding carboxylic acids is 3. The monoisotopic (exact) mass is 473 g/mol. The Morgan fingerprint density at radius 2 is 1.76 bits per heavy atom. The van der Waals surface area contributed by atoms with Crippen molar-refractivity contribution in [2.24, 2.45) is 0 Å². The summed E-state index contributed by atoms with van der Waals surface area (Å²) in [7, 11) is 1.36. The molecule has 0 saturated carbocycles. The molecule has 0 aliphatic heterocycles. The Labute approximate surface area is 196 Å². The second-order valence-corrected chi connectivity index (χ2v) is 7.17. The maximum Gasteiger partial charge on any atom is 0.326 e. The quantitative estimate of drug-likeness (QED) is 0.207. The van der Waals surface area contributed by atoms with Crippen LogP contribution in [-0.2, 0) is 14.3 Å². The summed E-state index contributed by atoms with van der Waals surface area (Å²) in [5.74, 6) is -1.23. The van der Waals surface area contributed by atoms with E-state index in [2.05, 4.69) is 17.6 Å². The van der Waals surface area contributed by atoms with E-state index in [0.29, 0.717) is 17.9 Å². The number of hydrogen-bond acceptors (Lipinski definition) is 8. The lowest BCUT2D eigenvalue weighted by Gasteiger charge is -2.14. The number of unbranched alkanes of at least 4 members (excludes halogenated alkanes) is 1. The van der Waals surface area contributed by atoms with Crippen LogP contribution in [0.3, 0.4) is 0 Å². The van der Waals surface area contributed by atoms with E-state index in [9.17, 15) is 24.5 Å². The lowest BCUT2D eigenvalue weighted by atomic mass is 10.2. The number of amides is 2. The highest BCUT2D eigenvalue weighted by Gasteiger charge is 2.23. The largest absolute Gasteiger partial charge is 0.496 e. The number of benzene rings is 2. The van der Waals surface area contributed by atoms with Gasteiger partial charge in [0.1, 0.15) is 23.7 Å². The van der Waals surface area contributed by atoms with Crippen molar-refractivity contribution in [3.63, 3.8) is 0 Å². The van der Waals surface area contributed by atoms with Gasteiger partial charge in [-0.15, -0.1) is 0 Å². The average molecular weight is 473 g/mol. The number of rotatable bonds is 12. The van der Waals surface area contributed by atoms with Gasteiger partial charge < -0.3 is 24.8 Å². The fourth-order valence-electron chi connectivity index (χ4n) is 2.71. The zero-order valence-corrected chi connectivity index (χ0v) is 19.2. The van der Waals surface area contributed by atoms with Crippen molar-refractivity contribution >= 4 is 29.2 Å². The van der Waals surface area contributed by atoms with E-state index in [4.69, 9.17) is 14.2 Å². The molecule has 182 valence electrons. The first-order chi connectivity index (χ1) is 16.2. The Morgan fingerprint density at radius 3 is 2.38 bits per heavy atom. The predicted molar refractivity (Wildman–Crippen MR) is 123 cm³/mol. The Kier molecular flexibility index (Phi) is 9.81. The van der Waals surface area contributed by atoms with Gasteiger partial charge in [0, 0.05) is 5.56 Å². The molecule has 1 unspecified atom stereocenters. The van der Waals surface area contributed by atoms with E-state index in [1.807, 2.05) is 0 Å². The summed E-state index contributed by atoms with van der Waals surface area (Å²) in [6.07, 6.45) is 0.682. The summed E-state index contributed by atoms with van der Waals surface area (Å²) in [6, 6.07) is 10.4. The van der Waals surface area contributed by atoms with Crippen molar-refractivity contribution in [2.75, 3.05) is 25.6 Å². The van der Waals surface area contributed by atoms with Crippen LogP contribution in [-0.4, -0.2) is 49.1 Å². The van der Waals surface area contributed by atoms with Gasteiger partial charge in [-0.05, 0) is 49.7 Å². The van der Waals surface area contributed by atoms with Crippen molar-refractivity contribution in [1.29, 1.82) is 0 Å². The molecular weight excluding hydrogens is 446 g/mol. The van der Waals surface area contributed by atoms with Gasteiger partial charge in [-0.1, -0.05) is 13.3 Å². The third-order valence-electron chi connectivity index (χ3n) is 4.61. The molecule has 2 aromatic carbocycles. The molecule has 0 radical (unpaired) electrons. The van der Waals surface area contributed by atoms with Crippen LogP contribution in [0.5, 0.6) is 11.5 Å². The van der Waals surface area contributed by atoms with Crippen molar-refractivity contribution in [3.05, 3.63) is 58.1 Å². The van der Waals surface area contributed by atoms with Crippen molar-refractivity contribution in [3.8, 4) is 11.5 Å². The number of hydrogen-bond donors (Lipinski definition) is 2. The summed E-state index contributed by atoms with van der Waals surface area (Å²) in [4.78, 5) is 47.1. The summed E-state index contributed by atoms with van der Waals surface area (Å²) in [6.45, 7) is 3.49. The smallest absolute Gasteiger partial charge is 0.326 e. The highest BCUT2D eigenvalue weighted by atomic mass is 16.6. The number of anilines is 1. The van der Waals surface area contributed by atoms with Gasteiger partial charge in [0.2, 0.25) is 0 Å².